The first-order chi connectivity index (χ1) is 12.5. The third-order valence-electron chi connectivity index (χ3n) is 4.46. The summed E-state index contributed by atoms with van der Waals surface area (Å²) in [5.74, 6) is 0.676. The van der Waals surface area contributed by atoms with E-state index in [4.69, 9.17) is 4.52 Å². The average Bonchev–Trinajstić information content (AvgIpc) is 3.04. The second-order valence-electron chi connectivity index (χ2n) is 6.44. The van der Waals surface area contributed by atoms with Crippen molar-refractivity contribution in [3.63, 3.8) is 0 Å². The molecule has 1 unspecified atom stereocenters. The normalized spacial score (nSPS) is 12.3. The van der Waals surface area contributed by atoms with Crippen molar-refractivity contribution in [2.75, 3.05) is 6.54 Å². The summed E-state index contributed by atoms with van der Waals surface area (Å²) in [5.41, 5.74) is 1.76. The van der Waals surface area contributed by atoms with Gasteiger partial charge in [0.05, 0.1) is 17.6 Å². The van der Waals surface area contributed by atoms with Crippen LogP contribution >= 0.6 is 0 Å². The van der Waals surface area contributed by atoms with Gasteiger partial charge in [0, 0.05) is 13.0 Å². The van der Waals surface area contributed by atoms with E-state index in [2.05, 4.69) is 22.5 Å². The van der Waals surface area contributed by atoms with E-state index < -0.39 is 0 Å². The fourth-order valence-corrected chi connectivity index (χ4v) is 2.96. The van der Waals surface area contributed by atoms with Crippen molar-refractivity contribution in [3.8, 4) is 0 Å². The number of nitrogens with one attached hydrogen (secondary N) is 1. The number of fused-ring (bicyclic) bond motifs is 1. The largest absolute Gasteiger partial charge is 0.360 e. The molecule has 1 aromatic carbocycles. The quantitative estimate of drug-likeness (QED) is 0.734. The number of benzene rings is 1. The monoisotopic (exact) mass is 354 g/mol. The number of aromatic nitrogens is 3. The fraction of sp³-hybridized carbons (Fsp3) is 0.368. The third-order valence-corrected chi connectivity index (χ3v) is 4.46. The van der Waals surface area contributed by atoms with Gasteiger partial charge in [-0.2, -0.15) is 5.10 Å². The SMILES string of the molecule is Cc1nn(CCC(=O)NCC(C)c2ccccc2)c(=O)c2noc(C)c12. The molecule has 0 fully saturated rings. The van der Waals surface area contributed by atoms with Crippen molar-refractivity contribution in [2.45, 2.75) is 39.7 Å². The molecule has 7 heteroatoms. The maximum atomic E-state index is 12.4. The van der Waals surface area contributed by atoms with Gasteiger partial charge in [0.25, 0.3) is 5.56 Å². The van der Waals surface area contributed by atoms with Crippen LogP contribution in [0.1, 0.15) is 36.3 Å². The molecule has 0 aliphatic rings. The summed E-state index contributed by atoms with van der Waals surface area (Å²) < 4.78 is 6.36. The highest BCUT2D eigenvalue weighted by Crippen LogP contribution is 2.16. The maximum Gasteiger partial charge on any atom is 0.296 e. The highest BCUT2D eigenvalue weighted by molar-refractivity contribution is 5.81. The molecule has 136 valence electrons. The van der Waals surface area contributed by atoms with Crippen LogP contribution in [0.3, 0.4) is 0 Å². The number of hydrogen-bond acceptors (Lipinski definition) is 5. The molecule has 7 nitrogen and oxygen atoms in total. The lowest BCUT2D eigenvalue weighted by Gasteiger charge is -2.13. The van der Waals surface area contributed by atoms with Crippen molar-refractivity contribution in [1.82, 2.24) is 20.3 Å². The lowest BCUT2D eigenvalue weighted by atomic mass is 10.0. The molecule has 0 radical (unpaired) electrons. The van der Waals surface area contributed by atoms with Crippen LogP contribution in [0.25, 0.3) is 10.9 Å². The molecule has 3 aromatic rings. The molecule has 1 atom stereocenters. The van der Waals surface area contributed by atoms with Gasteiger partial charge < -0.3 is 9.84 Å². The van der Waals surface area contributed by atoms with E-state index in [0.717, 1.165) is 0 Å². The topological polar surface area (TPSA) is 90.0 Å². The van der Waals surface area contributed by atoms with E-state index in [9.17, 15) is 9.59 Å². The molecular weight excluding hydrogens is 332 g/mol. The minimum absolute atomic E-state index is 0.115. The number of aryl methyl sites for hydroxylation is 3. The van der Waals surface area contributed by atoms with Gasteiger partial charge in [0.1, 0.15) is 5.76 Å². The van der Waals surface area contributed by atoms with E-state index in [1.807, 2.05) is 30.3 Å². The summed E-state index contributed by atoms with van der Waals surface area (Å²) in [5, 5.41) is 11.6. The molecule has 26 heavy (non-hydrogen) atoms. The highest BCUT2D eigenvalue weighted by atomic mass is 16.5. The molecule has 0 spiro atoms. The molecule has 0 aliphatic carbocycles. The summed E-state index contributed by atoms with van der Waals surface area (Å²) in [6.07, 6.45) is 0.177. The second-order valence-corrected chi connectivity index (χ2v) is 6.44. The molecule has 3 rings (SSSR count). The van der Waals surface area contributed by atoms with Gasteiger partial charge in [-0.25, -0.2) is 4.68 Å². The third kappa shape index (κ3) is 3.66. The van der Waals surface area contributed by atoms with E-state index in [1.54, 1.807) is 13.8 Å². The van der Waals surface area contributed by atoms with Crippen LogP contribution in [-0.2, 0) is 11.3 Å². The van der Waals surface area contributed by atoms with Gasteiger partial charge in [0.2, 0.25) is 5.91 Å². The minimum Gasteiger partial charge on any atom is -0.360 e. The van der Waals surface area contributed by atoms with Gasteiger partial charge >= 0.3 is 0 Å². The van der Waals surface area contributed by atoms with Gasteiger partial charge in [-0.3, -0.25) is 9.59 Å². The predicted octanol–water partition coefficient (Wildman–Crippen LogP) is 2.31. The highest BCUT2D eigenvalue weighted by Gasteiger charge is 2.15. The van der Waals surface area contributed by atoms with Crippen LogP contribution in [0.15, 0.2) is 39.6 Å². The van der Waals surface area contributed by atoms with E-state index in [0.29, 0.717) is 23.4 Å². The Morgan fingerprint density at radius 1 is 1.27 bits per heavy atom. The molecule has 2 aromatic heterocycles. The lowest BCUT2D eigenvalue weighted by Crippen LogP contribution is -2.31. The molecule has 0 aliphatic heterocycles. The standard InChI is InChI=1S/C19H22N4O3/c1-12(15-7-5-4-6-8-15)11-20-16(24)9-10-23-19(25)18-17(13(2)21-23)14(3)26-22-18/h4-8,12H,9-11H2,1-3H3,(H,20,24). The first-order valence-electron chi connectivity index (χ1n) is 8.62. The van der Waals surface area contributed by atoms with Crippen molar-refractivity contribution in [3.05, 3.63) is 57.7 Å². The molecular formula is C19H22N4O3. The molecule has 0 bridgehead atoms. The van der Waals surface area contributed by atoms with Crippen LogP contribution in [0.5, 0.6) is 0 Å². The smallest absolute Gasteiger partial charge is 0.296 e. The number of carbonyl (C=O) groups is 1. The number of carbonyl (C=O) groups excluding carboxylic acids is 1. The first-order valence-corrected chi connectivity index (χ1v) is 8.62. The Bertz CT molecular complexity index is 976. The Morgan fingerprint density at radius 3 is 2.73 bits per heavy atom. The molecule has 1 N–H and O–H groups in total. The summed E-state index contributed by atoms with van der Waals surface area (Å²) in [6.45, 7) is 6.35. The fourth-order valence-electron chi connectivity index (χ4n) is 2.96. The second kappa shape index (κ2) is 7.51. The van der Waals surface area contributed by atoms with Crippen molar-refractivity contribution < 1.29 is 9.32 Å². The van der Waals surface area contributed by atoms with Crippen molar-refractivity contribution in [2.24, 2.45) is 0 Å². The molecule has 0 saturated carbocycles. The number of amides is 1. The first kappa shape index (κ1) is 17.8. The van der Waals surface area contributed by atoms with Crippen molar-refractivity contribution >= 4 is 16.8 Å². The Morgan fingerprint density at radius 2 is 2.00 bits per heavy atom. The number of hydrogen-bond donors (Lipinski definition) is 1. The van der Waals surface area contributed by atoms with Crippen LogP contribution in [0.4, 0.5) is 0 Å². The predicted molar refractivity (Wildman–Crippen MR) is 98.0 cm³/mol. The Labute approximate surface area is 151 Å². The minimum atomic E-state index is -0.340. The summed E-state index contributed by atoms with van der Waals surface area (Å²) >= 11 is 0. The molecule has 2 heterocycles. The van der Waals surface area contributed by atoms with E-state index >= 15 is 0 Å². The van der Waals surface area contributed by atoms with E-state index in [1.165, 1.54) is 10.2 Å². The van der Waals surface area contributed by atoms with Gasteiger partial charge in [-0.05, 0) is 25.3 Å². The van der Waals surface area contributed by atoms with Crippen molar-refractivity contribution in [1.29, 1.82) is 0 Å². The Balaban J connectivity index is 1.60. The molecule has 0 saturated heterocycles. The Kier molecular flexibility index (Phi) is 5.16. The zero-order valence-corrected chi connectivity index (χ0v) is 15.2. The van der Waals surface area contributed by atoms with Crippen LogP contribution in [0.2, 0.25) is 0 Å². The maximum absolute atomic E-state index is 12.4. The summed E-state index contributed by atoms with van der Waals surface area (Å²) in [6, 6.07) is 10.0. The zero-order chi connectivity index (χ0) is 18.7. The number of rotatable bonds is 6. The van der Waals surface area contributed by atoms with Crippen LogP contribution in [-0.4, -0.2) is 27.4 Å². The van der Waals surface area contributed by atoms with Gasteiger partial charge in [-0.15, -0.1) is 0 Å². The Hall–Kier alpha value is -2.96. The summed E-state index contributed by atoms with van der Waals surface area (Å²) in [7, 11) is 0. The molecule has 1 amide bonds. The number of nitrogens with zero attached hydrogens (tertiary/aromatic N) is 3. The van der Waals surface area contributed by atoms with E-state index in [-0.39, 0.29) is 35.9 Å². The van der Waals surface area contributed by atoms with Gasteiger partial charge in [-0.1, -0.05) is 42.4 Å². The average molecular weight is 354 g/mol. The summed E-state index contributed by atoms with van der Waals surface area (Å²) in [4.78, 5) is 24.5. The van der Waals surface area contributed by atoms with Crippen LogP contribution in [0, 0.1) is 13.8 Å². The van der Waals surface area contributed by atoms with Gasteiger partial charge in [0.15, 0.2) is 5.52 Å². The zero-order valence-electron chi connectivity index (χ0n) is 15.2. The lowest BCUT2D eigenvalue weighted by molar-refractivity contribution is -0.121. The van der Waals surface area contributed by atoms with Crippen LogP contribution < -0.4 is 10.9 Å².